The number of aryl methyl sites for hydroxylation is 2. The fourth-order valence-corrected chi connectivity index (χ4v) is 3.44. The maximum atomic E-state index is 10.2. The maximum Gasteiger partial charge on any atom is 0.119 e. The molecule has 0 amide bonds. The minimum Gasteiger partial charge on any atom is -0.491 e. The lowest BCUT2D eigenvalue weighted by Crippen LogP contribution is -2.38. The smallest absolute Gasteiger partial charge is 0.119 e. The first kappa shape index (κ1) is 19.9. The summed E-state index contributed by atoms with van der Waals surface area (Å²) in [5, 5.41) is 18.0. The fraction of sp³-hybridized carbons (Fsp3) is 0.571. The average molecular weight is 373 g/mol. The zero-order valence-electron chi connectivity index (χ0n) is 16.5. The predicted molar refractivity (Wildman–Crippen MR) is 107 cm³/mol. The first-order valence-electron chi connectivity index (χ1n) is 9.92. The Labute approximate surface area is 162 Å². The van der Waals surface area contributed by atoms with Gasteiger partial charge in [0.15, 0.2) is 0 Å². The standard InChI is InChI=1S/C21H32N4O2/c1-17-12-19(23-24(17)2)14-22-13-18-6-8-21(9-7-18)27-16-20(26)15-25-10-4-3-5-11-25/h6-9,12,20,22,26H,3-5,10-11,13-16H2,1-2H3. The molecule has 1 saturated heterocycles. The van der Waals surface area contributed by atoms with Crippen molar-refractivity contribution in [2.75, 3.05) is 26.2 Å². The molecule has 1 fully saturated rings. The highest BCUT2D eigenvalue weighted by Gasteiger charge is 2.15. The van der Waals surface area contributed by atoms with Gasteiger partial charge in [0, 0.05) is 32.4 Å². The highest BCUT2D eigenvalue weighted by atomic mass is 16.5. The van der Waals surface area contributed by atoms with E-state index < -0.39 is 6.10 Å². The van der Waals surface area contributed by atoms with Crippen molar-refractivity contribution >= 4 is 0 Å². The van der Waals surface area contributed by atoms with Gasteiger partial charge < -0.3 is 20.1 Å². The van der Waals surface area contributed by atoms with Gasteiger partial charge in [-0.05, 0) is 56.6 Å². The summed E-state index contributed by atoms with van der Waals surface area (Å²) < 4.78 is 7.64. The Balaban J connectivity index is 1.36. The average Bonchev–Trinajstić information content (AvgIpc) is 2.99. The van der Waals surface area contributed by atoms with Crippen LogP contribution in [0.2, 0.25) is 0 Å². The molecule has 1 unspecified atom stereocenters. The fourth-order valence-electron chi connectivity index (χ4n) is 3.44. The number of hydrogen-bond donors (Lipinski definition) is 2. The molecule has 1 aliphatic rings. The van der Waals surface area contributed by atoms with E-state index in [1.54, 1.807) is 0 Å². The molecule has 3 rings (SSSR count). The third-order valence-corrected chi connectivity index (χ3v) is 5.08. The van der Waals surface area contributed by atoms with E-state index in [0.29, 0.717) is 13.2 Å². The third kappa shape index (κ3) is 6.34. The summed E-state index contributed by atoms with van der Waals surface area (Å²) in [6.45, 7) is 6.82. The van der Waals surface area contributed by atoms with Gasteiger partial charge in [0.05, 0.1) is 5.69 Å². The highest BCUT2D eigenvalue weighted by Crippen LogP contribution is 2.14. The summed E-state index contributed by atoms with van der Waals surface area (Å²) in [6, 6.07) is 10.1. The molecule has 27 heavy (non-hydrogen) atoms. The van der Waals surface area contributed by atoms with E-state index in [9.17, 15) is 5.11 Å². The molecule has 6 nitrogen and oxygen atoms in total. The summed E-state index contributed by atoms with van der Waals surface area (Å²) in [4.78, 5) is 2.33. The van der Waals surface area contributed by atoms with Gasteiger partial charge in [0.25, 0.3) is 0 Å². The normalized spacial score (nSPS) is 16.4. The van der Waals surface area contributed by atoms with Gasteiger partial charge in [-0.15, -0.1) is 0 Å². The zero-order valence-corrected chi connectivity index (χ0v) is 16.5. The van der Waals surface area contributed by atoms with Crippen molar-refractivity contribution in [2.45, 2.75) is 45.4 Å². The van der Waals surface area contributed by atoms with Crippen LogP contribution >= 0.6 is 0 Å². The second-order valence-corrected chi connectivity index (χ2v) is 7.47. The number of aliphatic hydroxyl groups is 1. The molecule has 0 bridgehead atoms. The molecule has 0 spiro atoms. The van der Waals surface area contributed by atoms with Crippen LogP contribution in [0.15, 0.2) is 30.3 Å². The van der Waals surface area contributed by atoms with Gasteiger partial charge in [0.2, 0.25) is 0 Å². The molecule has 0 radical (unpaired) electrons. The first-order valence-corrected chi connectivity index (χ1v) is 9.92. The first-order chi connectivity index (χ1) is 13.1. The number of benzene rings is 1. The topological polar surface area (TPSA) is 62.5 Å². The number of ether oxygens (including phenoxy) is 1. The van der Waals surface area contributed by atoms with Crippen molar-refractivity contribution in [3.63, 3.8) is 0 Å². The van der Waals surface area contributed by atoms with E-state index in [1.807, 2.05) is 23.9 Å². The monoisotopic (exact) mass is 372 g/mol. The van der Waals surface area contributed by atoms with E-state index in [2.05, 4.69) is 40.4 Å². The van der Waals surface area contributed by atoms with Gasteiger partial charge in [-0.25, -0.2) is 0 Å². The van der Waals surface area contributed by atoms with Gasteiger partial charge in [-0.2, -0.15) is 5.10 Å². The lowest BCUT2D eigenvalue weighted by atomic mass is 10.1. The molecule has 2 aromatic rings. The number of nitrogens with one attached hydrogen (secondary N) is 1. The summed E-state index contributed by atoms with van der Waals surface area (Å²) in [6.07, 6.45) is 3.35. The van der Waals surface area contributed by atoms with Gasteiger partial charge in [0.1, 0.15) is 18.5 Å². The summed E-state index contributed by atoms with van der Waals surface area (Å²) >= 11 is 0. The molecule has 2 N–H and O–H groups in total. The van der Waals surface area contributed by atoms with Crippen molar-refractivity contribution in [3.8, 4) is 5.75 Å². The van der Waals surface area contributed by atoms with Crippen molar-refractivity contribution in [1.29, 1.82) is 0 Å². The molecule has 2 heterocycles. The molecule has 0 aliphatic carbocycles. The van der Waals surface area contributed by atoms with Crippen LogP contribution in [-0.4, -0.2) is 52.1 Å². The minimum absolute atomic E-state index is 0.340. The highest BCUT2D eigenvalue weighted by molar-refractivity contribution is 5.27. The Morgan fingerprint density at radius 2 is 1.89 bits per heavy atom. The molecule has 1 aliphatic heterocycles. The Hall–Kier alpha value is -1.89. The Bertz CT molecular complexity index is 673. The molecule has 1 aromatic carbocycles. The van der Waals surface area contributed by atoms with Crippen LogP contribution < -0.4 is 10.1 Å². The van der Waals surface area contributed by atoms with E-state index >= 15 is 0 Å². The predicted octanol–water partition coefficient (Wildman–Crippen LogP) is 2.24. The minimum atomic E-state index is -0.439. The molecule has 148 valence electrons. The Morgan fingerprint density at radius 3 is 2.56 bits per heavy atom. The van der Waals surface area contributed by atoms with Crippen LogP contribution in [-0.2, 0) is 20.1 Å². The summed E-state index contributed by atoms with van der Waals surface area (Å²) in [7, 11) is 1.96. The van der Waals surface area contributed by atoms with Crippen LogP contribution in [0.1, 0.15) is 36.2 Å². The number of nitrogens with zero attached hydrogens (tertiary/aromatic N) is 3. The number of aliphatic hydroxyl groups excluding tert-OH is 1. The number of aromatic nitrogens is 2. The van der Waals surface area contributed by atoms with Crippen molar-refractivity contribution in [3.05, 3.63) is 47.3 Å². The lowest BCUT2D eigenvalue weighted by Gasteiger charge is -2.28. The van der Waals surface area contributed by atoms with Crippen LogP contribution in [0.25, 0.3) is 0 Å². The molecule has 6 heteroatoms. The van der Waals surface area contributed by atoms with Gasteiger partial charge in [-0.3, -0.25) is 4.68 Å². The van der Waals surface area contributed by atoms with Gasteiger partial charge >= 0.3 is 0 Å². The van der Waals surface area contributed by atoms with E-state index in [0.717, 1.165) is 43.3 Å². The summed E-state index contributed by atoms with van der Waals surface area (Å²) in [5.41, 5.74) is 3.41. The van der Waals surface area contributed by atoms with Crippen LogP contribution in [0.4, 0.5) is 0 Å². The van der Waals surface area contributed by atoms with E-state index in [-0.39, 0.29) is 0 Å². The van der Waals surface area contributed by atoms with E-state index in [1.165, 1.54) is 24.8 Å². The molecular formula is C21H32N4O2. The van der Waals surface area contributed by atoms with Crippen LogP contribution in [0, 0.1) is 6.92 Å². The number of piperidine rings is 1. The number of rotatable bonds is 9. The maximum absolute atomic E-state index is 10.2. The van der Waals surface area contributed by atoms with Crippen LogP contribution in [0.5, 0.6) is 5.75 Å². The number of likely N-dealkylation sites (tertiary alicyclic amines) is 1. The SMILES string of the molecule is Cc1cc(CNCc2ccc(OCC(O)CN3CCCCC3)cc2)nn1C. The summed E-state index contributed by atoms with van der Waals surface area (Å²) in [5.74, 6) is 0.803. The number of hydrogen-bond acceptors (Lipinski definition) is 5. The third-order valence-electron chi connectivity index (χ3n) is 5.08. The van der Waals surface area contributed by atoms with Gasteiger partial charge in [-0.1, -0.05) is 18.6 Å². The van der Waals surface area contributed by atoms with Crippen molar-refractivity contribution in [1.82, 2.24) is 20.0 Å². The van der Waals surface area contributed by atoms with Crippen molar-refractivity contribution in [2.24, 2.45) is 7.05 Å². The number of β-amino-alcohol motifs (C(OH)–C–C–N with tert-alkyl or cyclic N) is 1. The Kier molecular flexibility index (Phi) is 7.26. The quantitative estimate of drug-likeness (QED) is 0.707. The second-order valence-electron chi connectivity index (χ2n) is 7.47. The van der Waals surface area contributed by atoms with Crippen LogP contribution in [0.3, 0.4) is 0 Å². The van der Waals surface area contributed by atoms with E-state index in [4.69, 9.17) is 4.74 Å². The zero-order chi connectivity index (χ0) is 19.1. The largest absolute Gasteiger partial charge is 0.491 e. The lowest BCUT2D eigenvalue weighted by molar-refractivity contribution is 0.0617. The molecule has 1 atom stereocenters. The second kappa shape index (κ2) is 9.88. The Morgan fingerprint density at radius 1 is 1.15 bits per heavy atom. The molecule has 1 aromatic heterocycles. The molecule has 0 saturated carbocycles. The molecular weight excluding hydrogens is 340 g/mol. The van der Waals surface area contributed by atoms with Crippen molar-refractivity contribution < 1.29 is 9.84 Å².